The Labute approximate surface area is 585 Å². The summed E-state index contributed by atoms with van der Waals surface area (Å²) in [6, 6.07) is 96.8. The monoisotopic (exact) mass is 1280 g/mol. The van der Waals surface area contributed by atoms with Gasteiger partial charge in [-0.3, -0.25) is 0 Å². The predicted octanol–water partition coefficient (Wildman–Crippen LogP) is 23.3. The van der Waals surface area contributed by atoms with Crippen LogP contribution in [-0.4, -0.2) is 15.8 Å². The van der Waals surface area contributed by atoms with Crippen LogP contribution in [0, 0.1) is 11.3 Å². The van der Waals surface area contributed by atoms with Gasteiger partial charge in [-0.25, -0.2) is 0 Å². The van der Waals surface area contributed by atoms with Gasteiger partial charge in [-0.05, 0) is 202 Å². The molecule has 6 heteroatoms. The molecule has 0 saturated heterocycles. The quantitative estimate of drug-likeness (QED) is 0.149. The summed E-state index contributed by atoms with van der Waals surface area (Å²) in [6.07, 6.45) is 0. The molecule has 14 aromatic rings. The van der Waals surface area contributed by atoms with Gasteiger partial charge in [0.1, 0.15) is 11.6 Å². The van der Waals surface area contributed by atoms with Crippen LogP contribution in [0.4, 0.5) is 34.1 Å². The average Bonchev–Trinajstić information content (AvgIpc) is 1.39. The summed E-state index contributed by atoms with van der Waals surface area (Å²) in [4.78, 5) is 5.09. The second-order valence-corrected chi connectivity index (χ2v) is 33.1. The molecule has 0 bridgehead atoms. The minimum absolute atomic E-state index is 0.0612. The van der Waals surface area contributed by atoms with Gasteiger partial charge in [0, 0.05) is 55.7 Å². The SMILES string of the molecule is CC(C)(C)c1cc(-c2ccc3c(c2)N(c2cc(-c4ccccc4)cc(-c4ccccc4)c2)c2cc(C(C)(C)C)cc4c2B3c2ccc(-n3c5ccc(C(C)(C)C)cc5c5cc(C(C)(C)C)ccc53)cc2N4c2cccc(-n3c4ccccc4c4ccccc43)c2C#N)cc(C(C)(C)C)c1. The third-order valence-electron chi connectivity index (χ3n) is 21.3. The van der Waals surface area contributed by atoms with Crippen LogP contribution in [0.5, 0.6) is 0 Å². The van der Waals surface area contributed by atoms with Crippen molar-refractivity contribution >= 4 is 101 Å². The van der Waals surface area contributed by atoms with Crippen LogP contribution < -0.4 is 26.2 Å². The molecule has 0 amide bonds. The maximum atomic E-state index is 12.3. The van der Waals surface area contributed by atoms with E-state index in [9.17, 15) is 5.26 Å². The molecule has 2 aromatic heterocycles. The first kappa shape index (κ1) is 63.2. The van der Waals surface area contributed by atoms with Crippen molar-refractivity contribution in [2.24, 2.45) is 0 Å². The highest BCUT2D eigenvalue weighted by Crippen LogP contribution is 2.51. The van der Waals surface area contributed by atoms with E-state index in [1.54, 1.807) is 0 Å². The Morgan fingerprint density at radius 2 is 0.717 bits per heavy atom. The highest BCUT2D eigenvalue weighted by atomic mass is 15.2. The number of nitriles is 1. The maximum absolute atomic E-state index is 12.3. The molecule has 99 heavy (non-hydrogen) atoms. The highest BCUT2D eigenvalue weighted by molar-refractivity contribution is 7.00. The summed E-state index contributed by atoms with van der Waals surface area (Å²) in [5.74, 6) is 0. The Morgan fingerprint density at radius 1 is 0.273 bits per heavy atom. The Hall–Kier alpha value is -10.6. The lowest BCUT2D eigenvalue weighted by molar-refractivity contribution is 0.569. The number of para-hydroxylation sites is 2. The van der Waals surface area contributed by atoms with E-state index in [2.05, 4.69) is 378 Å². The molecule has 0 fully saturated rings. The van der Waals surface area contributed by atoms with Crippen molar-refractivity contribution in [2.45, 2.75) is 131 Å². The number of benzene rings is 12. The van der Waals surface area contributed by atoms with Crippen molar-refractivity contribution in [1.82, 2.24) is 9.13 Å². The second kappa shape index (κ2) is 22.7. The third-order valence-corrected chi connectivity index (χ3v) is 21.3. The molecule has 2 aliphatic heterocycles. The van der Waals surface area contributed by atoms with E-state index in [1.165, 1.54) is 55.1 Å². The number of hydrogen-bond acceptors (Lipinski definition) is 3. The molecule has 0 saturated carbocycles. The first-order valence-corrected chi connectivity index (χ1v) is 35.3. The van der Waals surface area contributed by atoms with Crippen LogP contribution in [0.25, 0.3) is 88.4 Å². The van der Waals surface area contributed by atoms with Gasteiger partial charge in [0.25, 0.3) is 6.71 Å². The van der Waals surface area contributed by atoms with E-state index in [-0.39, 0.29) is 33.8 Å². The van der Waals surface area contributed by atoms with Gasteiger partial charge in [0.05, 0.1) is 33.4 Å². The number of anilines is 6. The molecule has 0 N–H and O–H groups in total. The van der Waals surface area contributed by atoms with Crippen LogP contribution in [0.15, 0.2) is 249 Å². The number of rotatable bonds is 7. The minimum atomic E-state index is -0.329. The van der Waals surface area contributed by atoms with Crippen molar-refractivity contribution in [3.8, 4) is 50.8 Å². The van der Waals surface area contributed by atoms with Crippen molar-refractivity contribution in [2.75, 3.05) is 9.80 Å². The van der Waals surface area contributed by atoms with Crippen molar-refractivity contribution in [3.63, 3.8) is 0 Å². The minimum Gasteiger partial charge on any atom is -0.311 e. The molecule has 0 atom stereocenters. The van der Waals surface area contributed by atoms with Gasteiger partial charge < -0.3 is 18.9 Å². The summed E-state index contributed by atoms with van der Waals surface area (Å²) in [5, 5.41) is 17.1. The second-order valence-electron chi connectivity index (χ2n) is 33.1. The van der Waals surface area contributed by atoms with Gasteiger partial charge in [-0.15, -0.1) is 0 Å². The number of hydrogen-bond donors (Lipinski definition) is 0. The van der Waals surface area contributed by atoms with Crippen LogP contribution in [0.3, 0.4) is 0 Å². The largest absolute Gasteiger partial charge is 0.311 e. The van der Waals surface area contributed by atoms with E-state index in [0.717, 1.165) is 112 Å². The summed E-state index contributed by atoms with van der Waals surface area (Å²) in [5.41, 5.74) is 29.3. The van der Waals surface area contributed by atoms with Crippen LogP contribution >= 0.6 is 0 Å². The zero-order valence-electron chi connectivity index (χ0n) is 60.0. The van der Waals surface area contributed by atoms with Gasteiger partial charge in [0.15, 0.2) is 0 Å². The lowest BCUT2D eigenvalue weighted by Gasteiger charge is -2.45. The summed E-state index contributed by atoms with van der Waals surface area (Å²) in [6.45, 7) is 34.7. The number of nitrogens with zero attached hydrogens (tertiary/aromatic N) is 5. The molecule has 486 valence electrons. The molecule has 16 rings (SSSR count). The molecular formula is C93H86BN5. The molecule has 12 aromatic carbocycles. The molecule has 4 heterocycles. The van der Waals surface area contributed by atoms with E-state index in [0.29, 0.717) is 5.56 Å². The predicted molar refractivity (Wildman–Crippen MR) is 424 cm³/mol. The Bertz CT molecular complexity index is 5450. The van der Waals surface area contributed by atoms with E-state index in [1.807, 2.05) is 0 Å². The van der Waals surface area contributed by atoms with E-state index < -0.39 is 0 Å². The molecule has 0 radical (unpaired) electrons. The fraction of sp³-hybridized carbons (Fsp3) is 0.215. The first-order valence-electron chi connectivity index (χ1n) is 35.3. The van der Waals surface area contributed by atoms with Crippen LogP contribution in [0.1, 0.15) is 137 Å². The zero-order chi connectivity index (χ0) is 69.0. The fourth-order valence-corrected chi connectivity index (χ4v) is 15.7. The summed E-state index contributed by atoms with van der Waals surface area (Å²) in [7, 11) is 0. The van der Waals surface area contributed by atoms with Crippen LogP contribution in [-0.2, 0) is 27.1 Å². The summed E-state index contributed by atoms with van der Waals surface area (Å²) < 4.78 is 4.81. The molecule has 0 unspecified atom stereocenters. The lowest BCUT2D eigenvalue weighted by atomic mass is 9.33. The standard InChI is InChI=1S/C93H86BN5/c1-89(2,3)64-38-43-82-73(52-64)74-53-65(90(4,5)6)39-44-83(74)96(82)69-40-42-77-85(56-69)99(81-36-26-35-80(75(81)57-95)98-78-33-24-22-31-71(78)72-32-23-25-34-79(72)98)87-55-68(93(13,14)15)54-86-88(87)94(77)76-41-37-60(63-46-66(91(7,8)9)51-67(47-63)92(10,11)12)50-84(76)97(86)70-48-61(58-27-18-16-19-28-58)45-62(49-70)59-29-20-17-21-30-59/h16-56H,1-15H3. The van der Waals surface area contributed by atoms with Gasteiger partial charge in [-0.2, -0.15) is 5.26 Å². The van der Waals surface area contributed by atoms with E-state index >= 15 is 0 Å². The average molecular weight is 1280 g/mol. The fourth-order valence-electron chi connectivity index (χ4n) is 15.7. The third kappa shape index (κ3) is 10.6. The van der Waals surface area contributed by atoms with Crippen LogP contribution in [0.2, 0.25) is 0 Å². The molecule has 5 nitrogen and oxygen atoms in total. The number of fused-ring (bicyclic) bond motifs is 10. The topological polar surface area (TPSA) is 40.1 Å². The van der Waals surface area contributed by atoms with Crippen molar-refractivity contribution in [3.05, 3.63) is 282 Å². The Morgan fingerprint density at radius 3 is 1.23 bits per heavy atom. The summed E-state index contributed by atoms with van der Waals surface area (Å²) >= 11 is 0. The lowest BCUT2D eigenvalue weighted by Crippen LogP contribution is -2.61. The smallest absolute Gasteiger partial charge is 0.252 e. The van der Waals surface area contributed by atoms with Gasteiger partial charge in [-0.1, -0.05) is 256 Å². The molecule has 0 aliphatic carbocycles. The van der Waals surface area contributed by atoms with Crippen molar-refractivity contribution < 1.29 is 0 Å². The maximum Gasteiger partial charge on any atom is 0.252 e. The van der Waals surface area contributed by atoms with E-state index in [4.69, 9.17) is 0 Å². The molecular weight excluding hydrogens is 1200 g/mol. The zero-order valence-corrected chi connectivity index (χ0v) is 60.0. The Balaban J connectivity index is 1.04. The first-order chi connectivity index (χ1) is 47.2. The molecule has 2 aliphatic rings. The Kier molecular flexibility index (Phi) is 14.5. The number of aromatic nitrogens is 2. The van der Waals surface area contributed by atoms with Gasteiger partial charge in [0.2, 0.25) is 0 Å². The van der Waals surface area contributed by atoms with Gasteiger partial charge >= 0.3 is 0 Å². The molecule has 0 spiro atoms. The van der Waals surface area contributed by atoms with Crippen molar-refractivity contribution in [1.29, 1.82) is 5.26 Å². The normalized spacial score (nSPS) is 13.3. The highest BCUT2D eigenvalue weighted by Gasteiger charge is 2.45.